The van der Waals surface area contributed by atoms with Gasteiger partial charge < -0.3 is 14.0 Å². The number of hydrogen-bond donors (Lipinski definition) is 0. The van der Waals surface area contributed by atoms with Crippen molar-refractivity contribution in [3.8, 4) is 11.9 Å². The van der Waals surface area contributed by atoms with Crippen molar-refractivity contribution in [2.24, 2.45) is 5.92 Å². The maximum atomic E-state index is 9.74. The molecule has 3 heterocycles. The first-order valence-electron chi connectivity index (χ1n) is 10.1. The van der Waals surface area contributed by atoms with Gasteiger partial charge >= 0.3 is 0 Å². The number of nitriles is 1. The molecule has 8 heteroatoms. The maximum Gasteiger partial charge on any atom is 0.233 e. The highest BCUT2D eigenvalue weighted by atomic mass is 32.2. The average Bonchev–Trinajstić information content (AvgIpc) is 3.13. The molecule has 0 aliphatic carbocycles. The summed E-state index contributed by atoms with van der Waals surface area (Å²) in [6, 6.07) is 12.3. The fraction of sp³-hybridized carbons (Fsp3) is 0.455. The van der Waals surface area contributed by atoms with E-state index in [1.165, 1.54) is 11.8 Å². The van der Waals surface area contributed by atoms with E-state index in [1.54, 1.807) is 13.2 Å². The van der Waals surface area contributed by atoms with E-state index in [2.05, 4.69) is 39.0 Å². The zero-order valence-corrected chi connectivity index (χ0v) is 18.3. The molecule has 156 valence electrons. The Morgan fingerprint density at radius 2 is 2.03 bits per heavy atom. The van der Waals surface area contributed by atoms with E-state index in [4.69, 9.17) is 14.5 Å². The van der Waals surface area contributed by atoms with Crippen molar-refractivity contribution in [2.45, 2.75) is 48.6 Å². The van der Waals surface area contributed by atoms with Gasteiger partial charge in [-0.2, -0.15) is 5.26 Å². The van der Waals surface area contributed by atoms with E-state index in [0.29, 0.717) is 11.8 Å². The quantitative estimate of drug-likeness (QED) is 0.587. The number of aromatic nitrogens is 4. The van der Waals surface area contributed by atoms with E-state index >= 15 is 0 Å². The van der Waals surface area contributed by atoms with Crippen LogP contribution in [0.3, 0.4) is 0 Å². The van der Waals surface area contributed by atoms with Gasteiger partial charge in [0.05, 0.1) is 24.2 Å². The highest BCUT2D eigenvalue weighted by Gasteiger charge is 2.29. The van der Waals surface area contributed by atoms with Crippen LogP contribution in [0.2, 0.25) is 0 Å². The Labute approximate surface area is 180 Å². The van der Waals surface area contributed by atoms with Crippen LogP contribution >= 0.6 is 11.8 Å². The van der Waals surface area contributed by atoms with Gasteiger partial charge in [-0.1, -0.05) is 11.8 Å². The second-order valence-electron chi connectivity index (χ2n) is 8.01. The summed E-state index contributed by atoms with van der Waals surface area (Å²) in [6.07, 6.45) is 2.08. The summed E-state index contributed by atoms with van der Waals surface area (Å²) in [5.41, 5.74) is 1.29. The van der Waals surface area contributed by atoms with Gasteiger partial charge in [-0.25, -0.2) is 4.98 Å². The van der Waals surface area contributed by atoms with Crippen LogP contribution in [-0.4, -0.2) is 40.1 Å². The van der Waals surface area contributed by atoms with Crippen molar-refractivity contribution in [3.63, 3.8) is 0 Å². The van der Waals surface area contributed by atoms with Crippen molar-refractivity contribution in [1.82, 2.24) is 19.7 Å². The third kappa shape index (κ3) is 4.27. The van der Waals surface area contributed by atoms with Gasteiger partial charge in [0, 0.05) is 30.7 Å². The number of rotatable bonds is 6. The monoisotopic (exact) mass is 423 g/mol. The Bertz CT molecular complexity index is 1070. The van der Waals surface area contributed by atoms with Crippen LogP contribution < -0.4 is 4.74 Å². The van der Waals surface area contributed by atoms with Crippen LogP contribution in [0, 0.1) is 17.2 Å². The Hall–Kier alpha value is -2.63. The van der Waals surface area contributed by atoms with Gasteiger partial charge in [0.1, 0.15) is 16.3 Å². The zero-order valence-electron chi connectivity index (χ0n) is 17.5. The summed E-state index contributed by atoms with van der Waals surface area (Å²) in [6.45, 7) is 6.32. The van der Waals surface area contributed by atoms with E-state index in [9.17, 15) is 5.26 Å². The molecular weight excluding hydrogens is 398 g/mol. The number of nitrogens with zero attached hydrogens (tertiary/aromatic N) is 5. The number of ether oxygens (including phenoxy) is 2. The Kier molecular flexibility index (Phi) is 5.93. The third-order valence-electron chi connectivity index (χ3n) is 5.39. The Balaban J connectivity index is 1.68. The molecule has 0 amide bonds. The summed E-state index contributed by atoms with van der Waals surface area (Å²) >= 11 is 1.53. The normalized spacial score (nSPS) is 15.3. The van der Waals surface area contributed by atoms with E-state index in [-0.39, 0.29) is 0 Å². The predicted octanol–water partition coefficient (Wildman–Crippen LogP) is 4.21. The number of fused-ring (bicyclic) bond motifs is 1. The molecule has 2 aromatic heterocycles. The van der Waals surface area contributed by atoms with E-state index < -0.39 is 5.41 Å². The summed E-state index contributed by atoms with van der Waals surface area (Å²) in [7, 11) is 1.57. The number of methoxy groups -OCH3 is 1. The molecule has 1 aliphatic heterocycles. The van der Waals surface area contributed by atoms with Gasteiger partial charge in [0.2, 0.25) is 5.88 Å². The molecule has 0 radical (unpaired) electrons. The summed E-state index contributed by atoms with van der Waals surface area (Å²) in [4.78, 5) is 5.92. The minimum Gasteiger partial charge on any atom is -0.480 e. The SMILES string of the molecule is COc1ccc(Sc2ccc3c(c2)nc(C(C)(C)C#N)n3CC2CCOCC2)nn1. The molecule has 0 N–H and O–H groups in total. The summed E-state index contributed by atoms with van der Waals surface area (Å²) in [5, 5.41) is 18.7. The lowest BCUT2D eigenvalue weighted by molar-refractivity contribution is 0.0612. The number of hydrogen-bond acceptors (Lipinski definition) is 7. The average molecular weight is 424 g/mol. The van der Waals surface area contributed by atoms with Crippen LogP contribution in [0.25, 0.3) is 11.0 Å². The van der Waals surface area contributed by atoms with Crippen LogP contribution in [0.4, 0.5) is 0 Å². The second kappa shape index (κ2) is 8.62. The zero-order chi connectivity index (χ0) is 21.1. The molecule has 0 atom stereocenters. The van der Waals surface area contributed by atoms with Gasteiger partial charge in [-0.15, -0.1) is 10.2 Å². The van der Waals surface area contributed by atoms with Gasteiger partial charge in [-0.05, 0) is 56.9 Å². The van der Waals surface area contributed by atoms with Crippen molar-refractivity contribution < 1.29 is 9.47 Å². The van der Waals surface area contributed by atoms with E-state index in [0.717, 1.165) is 59.4 Å². The smallest absolute Gasteiger partial charge is 0.233 e. The highest BCUT2D eigenvalue weighted by Crippen LogP contribution is 2.33. The largest absolute Gasteiger partial charge is 0.480 e. The lowest BCUT2D eigenvalue weighted by atomic mass is 9.93. The molecule has 1 fully saturated rings. The van der Waals surface area contributed by atoms with Gasteiger partial charge in [0.25, 0.3) is 0 Å². The molecule has 7 nitrogen and oxygen atoms in total. The number of imidazole rings is 1. The lowest BCUT2D eigenvalue weighted by Crippen LogP contribution is -2.26. The minimum atomic E-state index is -0.668. The molecular formula is C22H25N5O2S. The van der Waals surface area contributed by atoms with Crippen molar-refractivity contribution in [3.05, 3.63) is 36.2 Å². The van der Waals surface area contributed by atoms with E-state index in [1.807, 2.05) is 19.9 Å². The molecule has 0 unspecified atom stereocenters. The second-order valence-corrected chi connectivity index (χ2v) is 9.10. The fourth-order valence-electron chi connectivity index (χ4n) is 3.66. The predicted molar refractivity (Wildman–Crippen MR) is 115 cm³/mol. The Morgan fingerprint density at radius 3 is 2.70 bits per heavy atom. The first-order chi connectivity index (χ1) is 14.5. The number of benzene rings is 1. The maximum absolute atomic E-state index is 9.74. The molecule has 0 bridgehead atoms. The molecule has 30 heavy (non-hydrogen) atoms. The van der Waals surface area contributed by atoms with Gasteiger partial charge in [-0.3, -0.25) is 0 Å². The first-order valence-corrected chi connectivity index (χ1v) is 10.9. The topological polar surface area (TPSA) is 85.8 Å². The molecule has 3 aromatic rings. The molecule has 0 spiro atoms. The van der Waals surface area contributed by atoms with Crippen LogP contribution in [0.5, 0.6) is 5.88 Å². The minimum absolute atomic E-state index is 0.491. The van der Waals surface area contributed by atoms with Crippen molar-refractivity contribution in [1.29, 1.82) is 5.26 Å². The molecule has 4 rings (SSSR count). The van der Waals surface area contributed by atoms with Crippen LogP contribution in [0.1, 0.15) is 32.5 Å². The van der Waals surface area contributed by atoms with Crippen molar-refractivity contribution in [2.75, 3.05) is 20.3 Å². The summed E-state index contributed by atoms with van der Waals surface area (Å²) in [5.74, 6) is 1.84. The highest BCUT2D eigenvalue weighted by molar-refractivity contribution is 7.99. The first kappa shape index (κ1) is 20.6. The van der Waals surface area contributed by atoms with Crippen LogP contribution in [-0.2, 0) is 16.7 Å². The molecule has 1 aromatic carbocycles. The standard InChI is InChI=1S/C22H25N5O2S/c1-22(2,14-23)21-24-17-12-16(30-20-7-6-19(28-3)25-26-20)4-5-18(17)27(21)13-15-8-10-29-11-9-15/h4-7,12,15H,8-11,13H2,1-3H3. The van der Waals surface area contributed by atoms with Crippen molar-refractivity contribution >= 4 is 22.8 Å². The molecule has 0 saturated carbocycles. The third-order valence-corrected chi connectivity index (χ3v) is 6.30. The summed E-state index contributed by atoms with van der Waals surface area (Å²) < 4.78 is 12.8. The van der Waals surface area contributed by atoms with Gasteiger partial charge in [0.15, 0.2) is 0 Å². The fourth-order valence-corrected chi connectivity index (χ4v) is 4.43. The molecule has 1 aliphatic rings. The molecule has 1 saturated heterocycles. The lowest BCUT2D eigenvalue weighted by Gasteiger charge is -2.25. The Morgan fingerprint density at radius 1 is 1.23 bits per heavy atom. The van der Waals surface area contributed by atoms with Crippen LogP contribution in [0.15, 0.2) is 40.3 Å².